The van der Waals surface area contributed by atoms with Gasteiger partial charge in [0.05, 0.1) is 6.20 Å². The van der Waals surface area contributed by atoms with Crippen LogP contribution in [0, 0.1) is 0 Å². The van der Waals surface area contributed by atoms with E-state index in [1.54, 1.807) is 22.7 Å². The van der Waals surface area contributed by atoms with Crippen LogP contribution in [-0.4, -0.2) is 34.2 Å². The van der Waals surface area contributed by atoms with Crippen LogP contribution >= 0.6 is 22.9 Å². The lowest BCUT2D eigenvalue weighted by molar-refractivity contribution is 0.103. The smallest absolute Gasteiger partial charge is 0.225 e. The molecule has 0 radical (unpaired) electrons. The molecule has 0 saturated heterocycles. The zero-order chi connectivity index (χ0) is 19.0. The van der Waals surface area contributed by atoms with Crippen molar-refractivity contribution >= 4 is 51.0 Å². The molecular weight excluding hydrogens is 382 g/mol. The van der Waals surface area contributed by atoms with Crippen LogP contribution in [-0.2, 0) is 0 Å². The van der Waals surface area contributed by atoms with Crippen LogP contribution in [0.4, 0.5) is 16.6 Å². The number of halogens is 1. The number of imidazole rings is 1. The summed E-state index contributed by atoms with van der Waals surface area (Å²) < 4.78 is 1.79. The number of nitrogens with zero attached hydrogens (tertiary/aromatic N) is 4. The van der Waals surface area contributed by atoms with Crippen molar-refractivity contribution in [3.05, 3.63) is 70.5 Å². The number of anilines is 3. The van der Waals surface area contributed by atoms with Gasteiger partial charge in [0.25, 0.3) is 0 Å². The van der Waals surface area contributed by atoms with E-state index < -0.39 is 0 Å². The van der Waals surface area contributed by atoms with E-state index in [9.17, 15) is 4.79 Å². The molecule has 3 aromatic heterocycles. The summed E-state index contributed by atoms with van der Waals surface area (Å²) in [5.41, 5.74) is 2.10. The molecule has 136 valence electrons. The van der Waals surface area contributed by atoms with E-state index >= 15 is 0 Å². The van der Waals surface area contributed by atoms with Crippen molar-refractivity contribution in [2.75, 3.05) is 24.3 Å². The van der Waals surface area contributed by atoms with E-state index in [1.807, 2.05) is 55.5 Å². The van der Waals surface area contributed by atoms with Crippen molar-refractivity contribution in [1.82, 2.24) is 14.4 Å². The molecule has 0 atom stereocenters. The number of carbonyl (C=O) groups is 1. The summed E-state index contributed by atoms with van der Waals surface area (Å²) in [6.45, 7) is 0. The van der Waals surface area contributed by atoms with Crippen molar-refractivity contribution in [1.29, 1.82) is 0 Å². The average Bonchev–Trinajstić information content (AvgIpc) is 3.27. The molecule has 1 aromatic carbocycles. The fourth-order valence-corrected chi connectivity index (χ4v) is 3.83. The van der Waals surface area contributed by atoms with Crippen molar-refractivity contribution in [3.8, 4) is 0 Å². The Morgan fingerprint density at radius 1 is 1.19 bits per heavy atom. The predicted octanol–water partition coefficient (Wildman–Crippen LogP) is 4.48. The Morgan fingerprint density at radius 3 is 2.70 bits per heavy atom. The summed E-state index contributed by atoms with van der Waals surface area (Å²) in [5.74, 6) is 0.506. The number of rotatable bonds is 5. The number of thiazole rings is 1. The molecule has 0 unspecified atom stereocenters. The summed E-state index contributed by atoms with van der Waals surface area (Å²) in [4.78, 5) is 24.5. The molecule has 0 saturated carbocycles. The maximum Gasteiger partial charge on any atom is 0.225 e. The van der Waals surface area contributed by atoms with E-state index in [4.69, 9.17) is 11.6 Å². The van der Waals surface area contributed by atoms with Gasteiger partial charge in [-0.25, -0.2) is 9.97 Å². The van der Waals surface area contributed by atoms with Gasteiger partial charge in [-0.1, -0.05) is 29.0 Å². The average molecular weight is 398 g/mol. The molecule has 0 aliphatic heterocycles. The largest absolute Gasteiger partial charge is 0.361 e. The third-order valence-corrected chi connectivity index (χ3v) is 5.20. The summed E-state index contributed by atoms with van der Waals surface area (Å²) in [6.07, 6.45) is 3.43. The number of nitrogens with one attached hydrogen (secondary N) is 1. The second-order valence-electron chi connectivity index (χ2n) is 6.10. The first-order valence-corrected chi connectivity index (χ1v) is 9.40. The Bertz CT molecular complexity index is 1120. The van der Waals surface area contributed by atoms with E-state index in [-0.39, 0.29) is 5.78 Å². The van der Waals surface area contributed by atoms with Gasteiger partial charge in [0.15, 0.2) is 10.9 Å². The van der Waals surface area contributed by atoms with Crippen LogP contribution in [0.3, 0.4) is 0 Å². The highest BCUT2D eigenvalue weighted by Gasteiger charge is 2.23. The van der Waals surface area contributed by atoms with Gasteiger partial charge in [0.2, 0.25) is 5.78 Å². The topological polar surface area (TPSA) is 62.5 Å². The van der Waals surface area contributed by atoms with Gasteiger partial charge in [-0.3, -0.25) is 9.20 Å². The molecule has 4 aromatic rings. The molecule has 0 aliphatic rings. The molecule has 3 heterocycles. The predicted molar refractivity (Wildman–Crippen MR) is 110 cm³/mol. The van der Waals surface area contributed by atoms with Gasteiger partial charge in [0.1, 0.15) is 16.2 Å². The molecule has 1 N–H and O–H groups in total. The van der Waals surface area contributed by atoms with Gasteiger partial charge in [-0.2, -0.15) is 0 Å². The molecule has 0 aliphatic carbocycles. The van der Waals surface area contributed by atoms with E-state index in [1.165, 1.54) is 11.3 Å². The summed E-state index contributed by atoms with van der Waals surface area (Å²) >= 11 is 7.25. The van der Waals surface area contributed by atoms with E-state index in [0.717, 1.165) is 11.3 Å². The lowest BCUT2D eigenvalue weighted by Gasteiger charge is -2.10. The number of carbonyl (C=O) groups excluding carboxylic acids is 1. The van der Waals surface area contributed by atoms with Gasteiger partial charge in [0, 0.05) is 31.0 Å². The normalized spacial score (nSPS) is 10.9. The van der Waals surface area contributed by atoms with Crippen LogP contribution in [0.5, 0.6) is 0 Å². The number of ketones is 1. The number of benzene rings is 1. The Hall–Kier alpha value is -2.90. The highest BCUT2D eigenvalue weighted by molar-refractivity contribution is 7.18. The second kappa shape index (κ2) is 7.02. The minimum atomic E-state index is -0.112. The minimum Gasteiger partial charge on any atom is -0.361 e. The molecule has 8 heteroatoms. The standard InChI is InChI=1S/C19H16ClN5OS/c1-24(2)18-17(16(26)14-11-21-15-5-3-4-10-25(14)15)27-19(23-18)22-13-8-6-12(20)7-9-13/h3-11H,1-2H3,(H,22,23). The fourth-order valence-electron chi connectivity index (χ4n) is 2.69. The molecular formula is C19H16ClN5OS. The lowest BCUT2D eigenvalue weighted by Crippen LogP contribution is -2.14. The minimum absolute atomic E-state index is 0.112. The Balaban J connectivity index is 1.72. The molecule has 6 nitrogen and oxygen atoms in total. The molecule has 0 spiro atoms. The fraction of sp³-hybridized carbons (Fsp3) is 0.105. The Kier molecular flexibility index (Phi) is 4.55. The molecule has 0 amide bonds. The van der Waals surface area contributed by atoms with Gasteiger partial charge in [-0.15, -0.1) is 0 Å². The van der Waals surface area contributed by atoms with Crippen molar-refractivity contribution < 1.29 is 4.79 Å². The number of pyridine rings is 1. The van der Waals surface area contributed by atoms with Crippen molar-refractivity contribution in [3.63, 3.8) is 0 Å². The number of hydrogen-bond acceptors (Lipinski definition) is 6. The number of hydrogen-bond donors (Lipinski definition) is 1. The maximum atomic E-state index is 13.2. The number of fused-ring (bicyclic) bond motifs is 1. The van der Waals surface area contributed by atoms with Gasteiger partial charge < -0.3 is 10.2 Å². The second-order valence-corrected chi connectivity index (χ2v) is 7.53. The van der Waals surface area contributed by atoms with Gasteiger partial charge >= 0.3 is 0 Å². The quantitative estimate of drug-likeness (QED) is 0.503. The van der Waals surface area contributed by atoms with Crippen LogP contribution in [0.15, 0.2) is 54.9 Å². The van der Waals surface area contributed by atoms with Crippen molar-refractivity contribution in [2.24, 2.45) is 0 Å². The third kappa shape index (κ3) is 3.39. The zero-order valence-electron chi connectivity index (χ0n) is 14.7. The maximum absolute atomic E-state index is 13.2. The third-order valence-electron chi connectivity index (χ3n) is 3.98. The molecule has 0 bridgehead atoms. The zero-order valence-corrected chi connectivity index (χ0v) is 16.3. The van der Waals surface area contributed by atoms with E-state index in [2.05, 4.69) is 15.3 Å². The molecule has 27 heavy (non-hydrogen) atoms. The van der Waals surface area contributed by atoms with E-state index in [0.29, 0.717) is 26.5 Å². The van der Waals surface area contributed by atoms with Crippen LogP contribution in [0.2, 0.25) is 5.02 Å². The van der Waals surface area contributed by atoms with Crippen LogP contribution in [0.1, 0.15) is 15.4 Å². The Labute approximate surface area is 165 Å². The molecule has 4 rings (SSSR count). The summed E-state index contributed by atoms with van der Waals surface area (Å²) in [7, 11) is 3.73. The highest BCUT2D eigenvalue weighted by atomic mass is 35.5. The highest BCUT2D eigenvalue weighted by Crippen LogP contribution is 2.33. The lowest BCUT2D eigenvalue weighted by atomic mass is 10.2. The molecule has 0 fully saturated rings. The SMILES string of the molecule is CN(C)c1nc(Nc2ccc(Cl)cc2)sc1C(=O)c1cnc2ccccn12. The first-order chi connectivity index (χ1) is 13.0. The Morgan fingerprint density at radius 2 is 1.96 bits per heavy atom. The summed E-state index contributed by atoms with van der Waals surface area (Å²) in [5, 5.41) is 4.53. The van der Waals surface area contributed by atoms with Gasteiger partial charge in [-0.05, 0) is 36.4 Å². The first-order valence-electron chi connectivity index (χ1n) is 8.20. The van der Waals surface area contributed by atoms with Crippen LogP contribution < -0.4 is 10.2 Å². The summed E-state index contributed by atoms with van der Waals surface area (Å²) in [6, 6.07) is 13.0. The van der Waals surface area contributed by atoms with Crippen LogP contribution in [0.25, 0.3) is 5.65 Å². The van der Waals surface area contributed by atoms with Crippen molar-refractivity contribution in [2.45, 2.75) is 0 Å². The monoisotopic (exact) mass is 397 g/mol. The first kappa shape index (κ1) is 17.5. The number of aromatic nitrogens is 3.